The Kier molecular flexibility index (Phi) is 5.85. The van der Waals surface area contributed by atoms with E-state index in [1.54, 1.807) is 6.08 Å². The smallest absolute Gasteiger partial charge is 0.0146 e. The number of hydrogen-bond donors (Lipinski definition) is 0. The van der Waals surface area contributed by atoms with E-state index >= 15 is 0 Å². The molecule has 1 atom stereocenters. The van der Waals surface area contributed by atoms with Gasteiger partial charge in [-0.2, -0.15) is 0 Å². The van der Waals surface area contributed by atoms with Gasteiger partial charge in [0, 0.05) is 0 Å². The molecule has 0 bridgehead atoms. The van der Waals surface area contributed by atoms with Gasteiger partial charge in [-0.05, 0) is 60.3 Å². The lowest BCUT2D eigenvalue weighted by atomic mass is 9.83. The fraction of sp³-hybridized carbons (Fsp3) is 0.579. The van der Waals surface area contributed by atoms with E-state index in [0.29, 0.717) is 5.41 Å². The molecule has 0 nitrogen and oxygen atoms in total. The Morgan fingerprint density at radius 2 is 2.05 bits per heavy atom. The van der Waals surface area contributed by atoms with E-state index in [9.17, 15) is 0 Å². The van der Waals surface area contributed by atoms with Crippen molar-refractivity contribution in [3.63, 3.8) is 0 Å². The minimum absolute atomic E-state index is 0.442. The zero-order valence-electron chi connectivity index (χ0n) is 13.2. The third kappa shape index (κ3) is 6.09. The molecule has 104 valence electrons. The van der Waals surface area contributed by atoms with Crippen LogP contribution < -0.4 is 0 Å². The number of aryl methyl sites for hydroxylation is 2. The quantitative estimate of drug-likeness (QED) is 0.618. The van der Waals surface area contributed by atoms with Crippen LogP contribution in [0.2, 0.25) is 0 Å². The van der Waals surface area contributed by atoms with Gasteiger partial charge >= 0.3 is 0 Å². The standard InChI is InChI=1S/C19H28/c1-7-18-13-17(12-11-16(18)3)10-8-9-15(2)14-19(4,5)6/h1,7,11,13,15H,8-10,14H2,2-6H3. The van der Waals surface area contributed by atoms with E-state index in [1.807, 2.05) is 6.07 Å². The van der Waals surface area contributed by atoms with Gasteiger partial charge in [0.05, 0.1) is 0 Å². The van der Waals surface area contributed by atoms with Crippen LogP contribution in [0.1, 0.15) is 63.6 Å². The molecular weight excluding hydrogens is 228 g/mol. The molecule has 19 heavy (non-hydrogen) atoms. The summed E-state index contributed by atoms with van der Waals surface area (Å²) in [6, 6.07) is 7.58. The molecular formula is C19H28. The average Bonchev–Trinajstić information content (AvgIpc) is 2.29. The SMILES string of the molecule is [CH]=Cc1cc(CCCC(C)CC(C)(C)C)[c]cc1C. The molecule has 0 spiro atoms. The molecule has 0 N–H and O–H groups in total. The molecule has 0 fully saturated rings. The summed E-state index contributed by atoms with van der Waals surface area (Å²) < 4.78 is 0. The van der Waals surface area contributed by atoms with Gasteiger partial charge in [-0.15, -0.1) is 0 Å². The highest BCUT2D eigenvalue weighted by molar-refractivity contribution is 5.51. The van der Waals surface area contributed by atoms with Gasteiger partial charge in [0.25, 0.3) is 0 Å². The van der Waals surface area contributed by atoms with Crippen LogP contribution >= 0.6 is 0 Å². The number of hydrogen-bond acceptors (Lipinski definition) is 0. The van der Waals surface area contributed by atoms with E-state index in [4.69, 9.17) is 6.58 Å². The van der Waals surface area contributed by atoms with Crippen LogP contribution in [-0.2, 0) is 6.42 Å². The van der Waals surface area contributed by atoms with Crippen LogP contribution in [-0.4, -0.2) is 0 Å². The average molecular weight is 256 g/mol. The van der Waals surface area contributed by atoms with Gasteiger partial charge in [-0.3, -0.25) is 0 Å². The van der Waals surface area contributed by atoms with Crippen LogP contribution in [0.3, 0.4) is 0 Å². The van der Waals surface area contributed by atoms with Crippen molar-refractivity contribution in [1.29, 1.82) is 0 Å². The fourth-order valence-corrected chi connectivity index (χ4v) is 2.74. The molecule has 0 aliphatic carbocycles. The van der Waals surface area contributed by atoms with E-state index in [2.05, 4.69) is 46.8 Å². The van der Waals surface area contributed by atoms with Gasteiger partial charge in [0.2, 0.25) is 0 Å². The van der Waals surface area contributed by atoms with Crippen molar-refractivity contribution in [1.82, 2.24) is 0 Å². The van der Waals surface area contributed by atoms with E-state index < -0.39 is 0 Å². The Morgan fingerprint density at radius 1 is 1.37 bits per heavy atom. The van der Waals surface area contributed by atoms with Crippen molar-refractivity contribution in [3.05, 3.63) is 41.5 Å². The molecule has 1 unspecified atom stereocenters. The van der Waals surface area contributed by atoms with E-state index in [0.717, 1.165) is 17.9 Å². The lowest BCUT2D eigenvalue weighted by Gasteiger charge is -2.23. The normalized spacial score (nSPS) is 13.3. The lowest BCUT2D eigenvalue weighted by molar-refractivity contribution is 0.293. The fourth-order valence-electron chi connectivity index (χ4n) is 2.74. The summed E-state index contributed by atoms with van der Waals surface area (Å²) in [6.07, 6.45) is 6.62. The van der Waals surface area contributed by atoms with Gasteiger partial charge in [0.1, 0.15) is 0 Å². The number of rotatable bonds is 6. The maximum Gasteiger partial charge on any atom is -0.0146 e. The summed E-state index contributed by atoms with van der Waals surface area (Å²) in [7, 11) is 0. The molecule has 0 aliphatic heterocycles. The number of benzene rings is 1. The monoisotopic (exact) mass is 256 g/mol. The first-order chi connectivity index (χ1) is 8.81. The van der Waals surface area contributed by atoms with Crippen LogP contribution in [0.15, 0.2) is 12.1 Å². The topological polar surface area (TPSA) is 0 Å². The van der Waals surface area contributed by atoms with Crippen molar-refractivity contribution in [2.24, 2.45) is 11.3 Å². The summed E-state index contributed by atoms with van der Waals surface area (Å²) >= 11 is 0. The molecule has 0 amide bonds. The maximum atomic E-state index is 5.63. The highest BCUT2D eigenvalue weighted by atomic mass is 14.2. The predicted octanol–water partition coefficient (Wildman–Crippen LogP) is 5.64. The molecule has 1 aromatic rings. The van der Waals surface area contributed by atoms with Crippen LogP contribution in [0.4, 0.5) is 0 Å². The van der Waals surface area contributed by atoms with Crippen LogP contribution in [0, 0.1) is 30.9 Å². The Morgan fingerprint density at radius 3 is 2.63 bits per heavy atom. The summed E-state index contributed by atoms with van der Waals surface area (Å²) in [4.78, 5) is 0. The summed E-state index contributed by atoms with van der Waals surface area (Å²) in [5, 5.41) is 0. The van der Waals surface area contributed by atoms with Crippen molar-refractivity contribution in [3.8, 4) is 0 Å². The summed E-state index contributed by atoms with van der Waals surface area (Å²) in [6.45, 7) is 17.0. The molecule has 0 aromatic heterocycles. The molecule has 0 heteroatoms. The maximum absolute atomic E-state index is 5.63. The third-order valence-electron chi connectivity index (χ3n) is 3.54. The highest BCUT2D eigenvalue weighted by Gasteiger charge is 2.14. The van der Waals surface area contributed by atoms with Crippen LogP contribution in [0.5, 0.6) is 0 Å². The van der Waals surface area contributed by atoms with Gasteiger partial charge in [0.15, 0.2) is 0 Å². The van der Waals surface area contributed by atoms with Crippen molar-refractivity contribution in [2.45, 2.75) is 60.3 Å². The van der Waals surface area contributed by atoms with Crippen molar-refractivity contribution in [2.75, 3.05) is 0 Å². The molecule has 2 radical (unpaired) electrons. The Bertz CT molecular complexity index is 407. The minimum Gasteiger partial charge on any atom is -0.0625 e. The second kappa shape index (κ2) is 6.93. The molecule has 1 rings (SSSR count). The van der Waals surface area contributed by atoms with Crippen molar-refractivity contribution < 1.29 is 0 Å². The highest BCUT2D eigenvalue weighted by Crippen LogP contribution is 2.27. The van der Waals surface area contributed by atoms with Gasteiger partial charge < -0.3 is 0 Å². The largest absolute Gasteiger partial charge is 0.0625 e. The van der Waals surface area contributed by atoms with E-state index in [1.165, 1.54) is 30.4 Å². The Balaban J connectivity index is 2.43. The second-order valence-corrected chi connectivity index (χ2v) is 7.03. The molecule has 0 saturated carbocycles. The van der Waals surface area contributed by atoms with E-state index in [-0.39, 0.29) is 0 Å². The summed E-state index contributed by atoms with van der Waals surface area (Å²) in [5.74, 6) is 0.797. The minimum atomic E-state index is 0.442. The first-order valence-corrected chi connectivity index (χ1v) is 7.38. The molecule has 1 aromatic carbocycles. The molecule has 0 saturated heterocycles. The first-order valence-electron chi connectivity index (χ1n) is 7.38. The molecule has 0 heterocycles. The lowest BCUT2D eigenvalue weighted by Crippen LogP contribution is -2.11. The zero-order valence-corrected chi connectivity index (χ0v) is 13.2. The van der Waals surface area contributed by atoms with Crippen molar-refractivity contribution >= 4 is 6.08 Å². The van der Waals surface area contributed by atoms with Gasteiger partial charge in [-0.25, -0.2) is 0 Å². The first kappa shape index (κ1) is 16.0. The Hall–Kier alpha value is -1.04. The second-order valence-electron chi connectivity index (χ2n) is 7.03. The molecule has 0 aliphatic rings. The predicted molar refractivity (Wildman–Crippen MR) is 85.0 cm³/mol. The van der Waals surface area contributed by atoms with Gasteiger partial charge in [-0.1, -0.05) is 58.9 Å². The summed E-state index contributed by atoms with van der Waals surface area (Å²) in [5.41, 5.74) is 4.06. The Labute approximate surface area is 119 Å². The zero-order chi connectivity index (χ0) is 14.5. The third-order valence-corrected chi connectivity index (χ3v) is 3.54. The van der Waals surface area contributed by atoms with Crippen LogP contribution in [0.25, 0.3) is 6.08 Å².